The van der Waals surface area contributed by atoms with Crippen molar-refractivity contribution >= 4 is 29.5 Å². The molecule has 0 spiro atoms. The fourth-order valence-corrected chi connectivity index (χ4v) is 4.30. The van der Waals surface area contributed by atoms with Crippen molar-refractivity contribution in [3.05, 3.63) is 57.4 Å². The Kier molecular flexibility index (Phi) is 6.34. The van der Waals surface area contributed by atoms with E-state index >= 15 is 0 Å². The predicted octanol–water partition coefficient (Wildman–Crippen LogP) is 2.23. The number of aromatic nitrogens is 1. The Balaban J connectivity index is 1.44. The molecule has 0 radical (unpaired) electrons. The molecule has 2 amide bonds. The maximum atomic E-state index is 12.8. The van der Waals surface area contributed by atoms with Crippen LogP contribution in [-0.4, -0.2) is 72.4 Å². The zero-order valence-corrected chi connectivity index (χ0v) is 19.1. The van der Waals surface area contributed by atoms with Crippen LogP contribution in [0.5, 0.6) is 0 Å². The van der Waals surface area contributed by atoms with Gasteiger partial charge in [-0.1, -0.05) is 0 Å². The van der Waals surface area contributed by atoms with E-state index in [0.717, 1.165) is 17.7 Å². The molecule has 1 aromatic carbocycles. The summed E-state index contributed by atoms with van der Waals surface area (Å²) in [5.41, 5.74) is 1.63. The Labute approximate surface area is 195 Å². The van der Waals surface area contributed by atoms with Gasteiger partial charge in [0.25, 0.3) is 11.8 Å². The lowest BCUT2D eigenvalue weighted by Crippen LogP contribution is -2.36. The first-order valence-electron chi connectivity index (χ1n) is 10.8. The minimum atomic E-state index is -0.817. The number of Topliss-reactive ketones (excluding diaryl/α,β-unsaturated/α-hetero) is 1. The van der Waals surface area contributed by atoms with Crippen molar-refractivity contribution < 1.29 is 38.2 Å². The second-order valence-corrected chi connectivity index (χ2v) is 8.23. The summed E-state index contributed by atoms with van der Waals surface area (Å²) in [5, 5.41) is 0. The van der Waals surface area contributed by atoms with E-state index in [-0.39, 0.29) is 40.6 Å². The zero-order chi connectivity index (χ0) is 24.6. The summed E-state index contributed by atoms with van der Waals surface area (Å²) >= 11 is 0. The number of imide groups is 1. The summed E-state index contributed by atoms with van der Waals surface area (Å²) in [7, 11) is 1.24. The molecule has 10 nitrogen and oxygen atoms in total. The molecule has 4 rings (SSSR count). The summed E-state index contributed by atoms with van der Waals surface area (Å²) in [6.07, 6.45) is 1.48. The first-order chi connectivity index (χ1) is 16.2. The standard InChI is InChI=1S/C24H24N2O8/c1-12-19(24(31)32-3)13(2)25-20(12)18(27)11-34-23(30)14-6-7-16-17(9-14)22(29)26(21(16)28)10-15-5-4-8-33-15/h6-7,9,15,25H,4-5,8,10-11H2,1-3H3. The maximum absolute atomic E-state index is 12.8. The molecule has 1 unspecified atom stereocenters. The highest BCUT2D eigenvalue weighted by molar-refractivity contribution is 6.22. The minimum Gasteiger partial charge on any atom is -0.465 e. The van der Waals surface area contributed by atoms with Crippen molar-refractivity contribution in [2.24, 2.45) is 0 Å². The molecule has 0 saturated carbocycles. The number of nitrogens with one attached hydrogen (secondary N) is 1. The van der Waals surface area contributed by atoms with Crippen LogP contribution in [0, 0.1) is 13.8 Å². The number of esters is 2. The van der Waals surface area contributed by atoms with Crippen molar-refractivity contribution in [2.45, 2.75) is 32.8 Å². The van der Waals surface area contributed by atoms with Crippen molar-refractivity contribution in [1.29, 1.82) is 0 Å². The fourth-order valence-electron chi connectivity index (χ4n) is 4.30. The number of rotatable bonds is 7. The fraction of sp³-hybridized carbons (Fsp3) is 0.375. The molecule has 3 heterocycles. The molecule has 1 fully saturated rings. The van der Waals surface area contributed by atoms with E-state index in [9.17, 15) is 24.0 Å². The molecule has 1 aromatic heterocycles. The number of carbonyl (C=O) groups is 5. The molecule has 1 atom stereocenters. The summed E-state index contributed by atoms with van der Waals surface area (Å²) in [6, 6.07) is 4.09. The Hall–Kier alpha value is -3.79. The lowest BCUT2D eigenvalue weighted by molar-refractivity contribution is 0.0472. The summed E-state index contributed by atoms with van der Waals surface area (Å²) in [4.78, 5) is 66.4. The number of hydrogen-bond donors (Lipinski definition) is 1. The number of nitrogens with zero attached hydrogens (tertiary/aromatic N) is 1. The Morgan fingerprint density at radius 3 is 2.53 bits per heavy atom. The molecular weight excluding hydrogens is 444 g/mol. The third-order valence-electron chi connectivity index (χ3n) is 6.06. The van der Waals surface area contributed by atoms with Crippen LogP contribution in [0.25, 0.3) is 0 Å². The molecule has 2 aromatic rings. The van der Waals surface area contributed by atoms with Gasteiger partial charge in [-0.15, -0.1) is 0 Å². The molecule has 0 bridgehead atoms. The number of aryl methyl sites for hydroxylation is 1. The number of benzene rings is 1. The van der Waals surface area contributed by atoms with Crippen molar-refractivity contribution in [3.8, 4) is 0 Å². The Morgan fingerprint density at radius 2 is 1.85 bits per heavy atom. The molecule has 10 heteroatoms. The third-order valence-corrected chi connectivity index (χ3v) is 6.06. The van der Waals surface area contributed by atoms with Crippen LogP contribution < -0.4 is 0 Å². The second kappa shape index (κ2) is 9.22. The number of carbonyl (C=O) groups excluding carboxylic acids is 5. The largest absolute Gasteiger partial charge is 0.465 e. The third kappa shape index (κ3) is 4.12. The number of amides is 2. The molecule has 1 saturated heterocycles. The van der Waals surface area contributed by atoms with Crippen LogP contribution in [-0.2, 0) is 14.2 Å². The van der Waals surface area contributed by atoms with Crippen LogP contribution >= 0.6 is 0 Å². The van der Waals surface area contributed by atoms with Gasteiger partial charge >= 0.3 is 11.9 Å². The normalized spacial score (nSPS) is 17.1. The van der Waals surface area contributed by atoms with Gasteiger partial charge in [0.1, 0.15) is 0 Å². The summed E-state index contributed by atoms with van der Waals surface area (Å²) in [5.74, 6) is -2.84. The van der Waals surface area contributed by atoms with Crippen molar-refractivity contribution in [2.75, 3.05) is 26.9 Å². The molecule has 178 valence electrons. The van der Waals surface area contributed by atoms with E-state index < -0.39 is 36.1 Å². The topological polar surface area (TPSA) is 132 Å². The van der Waals surface area contributed by atoms with Gasteiger partial charge in [0.2, 0.25) is 5.78 Å². The van der Waals surface area contributed by atoms with Gasteiger partial charge in [0, 0.05) is 12.3 Å². The Morgan fingerprint density at radius 1 is 1.12 bits per heavy atom. The maximum Gasteiger partial charge on any atom is 0.339 e. The number of hydrogen-bond acceptors (Lipinski definition) is 8. The molecular formula is C24H24N2O8. The van der Waals surface area contributed by atoms with Gasteiger partial charge in [-0.05, 0) is 50.5 Å². The first-order valence-corrected chi connectivity index (χ1v) is 10.8. The van der Waals surface area contributed by atoms with Crippen LogP contribution in [0.1, 0.15) is 76.0 Å². The first kappa shape index (κ1) is 23.4. The molecule has 2 aliphatic heterocycles. The van der Waals surface area contributed by atoms with Crippen LogP contribution in [0.3, 0.4) is 0 Å². The molecule has 0 aliphatic carbocycles. The number of fused-ring (bicyclic) bond motifs is 1. The van der Waals surface area contributed by atoms with Gasteiger partial charge < -0.3 is 19.2 Å². The highest BCUT2D eigenvalue weighted by atomic mass is 16.5. The van der Waals surface area contributed by atoms with E-state index in [1.807, 2.05) is 0 Å². The van der Waals surface area contributed by atoms with Crippen LogP contribution in [0.4, 0.5) is 0 Å². The van der Waals surface area contributed by atoms with Crippen LogP contribution in [0.15, 0.2) is 18.2 Å². The van der Waals surface area contributed by atoms with Crippen molar-refractivity contribution in [3.63, 3.8) is 0 Å². The minimum absolute atomic E-state index is 0.0429. The van der Waals surface area contributed by atoms with Gasteiger partial charge in [0.05, 0.1) is 47.7 Å². The van der Waals surface area contributed by atoms with Gasteiger partial charge in [-0.25, -0.2) is 9.59 Å². The smallest absolute Gasteiger partial charge is 0.339 e. The van der Waals surface area contributed by atoms with Gasteiger partial charge in [0.15, 0.2) is 6.61 Å². The number of H-pyrrole nitrogens is 1. The van der Waals surface area contributed by atoms with Crippen LogP contribution in [0.2, 0.25) is 0 Å². The highest BCUT2D eigenvalue weighted by Gasteiger charge is 2.38. The SMILES string of the molecule is COC(=O)c1c(C)[nH]c(C(=O)COC(=O)c2ccc3c(c2)C(=O)N(CC2CCCO2)C3=O)c1C. The lowest BCUT2D eigenvalue weighted by atomic mass is 10.1. The average molecular weight is 468 g/mol. The Bertz CT molecular complexity index is 1210. The summed E-state index contributed by atoms with van der Waals surface area (Å²) in [6.45, 7) is 3.43. The van der Waals surface area contributed by atoms with Crippen molar-refractivity contribution in [1.82, 2.24) is 9.88 Å². The van der Waals surface area contributed by atoms with E-state index in [4.69, 9.17) is 14.2 Å². The zero-order valence-electron chi connectivity index (χ0n) is 19.1. The quantitative estimate of drug-likeness (QED) is 0.372. The lowest BCUT2D eigenvalue weighted by Gasteiger charge is -2.17. The summed E-state index contributed by atoms with van der Waals surface area (Å²) < 4.78 is 15.4. The number of methoxy groups -OCH3 is 1. The number of ketones is 1. The average Bonchev–Trinajstić information content (AvgIpc) is 3.51. The number of ether oxygens (including phenoxy) is 3. The van der Waals surface area contributed by atoms with Gasteiger partial charge in [-0.2, -0.15) is 0 Å². The molecule has 34 heavy (non-hydrogen) atoms. The van der Waals surface area contributed by atoms with E-state index in [0.29, 0.717) is 17.9 Å². The second-order valence-electron chi connectivity index (χ2n) is 8.23. The molecule has 1 N–H and O–H groups in total. The van der Waals surface area contributed by atoms with Gasteiger partial charge in [-0.3, -0.25) is 19.3 Å². The van der Waals surface area contributed by atoms with E-state index in [2.05, 4.69) is 4.98 Å². The van der Waals surface area contributed by atoms with E-state index in [1.54, 1.807) is 13.8 Å². The monoisotopic (exact) mass is 468 g/mol. The highest BCUT2D eigenvalue weighted by Crippen LogP contribution is 2.26. The predicted molar refractivity (Wildman–Crippen MR) is 117 cm³/mol. The molecule has 2 aliphatic rings. The number of aromatic amines is 1. The van der Waals surface area contributed by atoms with E-state index in [1.165, 1.54) is 25.3 Å².